The summed E-state index contributed by atoms with van der Waals surface area (Å²) in [5.41, 5.74) is 1.11. The Morgan fingerprint density at radius 1 is 1.09 bits per heavy atom. The van der Waals surface area contributed by atoms with Crippen LogP contribution in [0.15, 0.2) is 41.3 Å². The fraction of sp³-hybridized carbons (Fsp3) is 0.435. The smallest absolute Gasteiger partial charge is 0.247 e. The third-order valence-electron chi connectivity index (χ3n) is 5.82. The van der Waals surface area contributed by atoms with Gasteiger partial charge in [0.2, 0.25) is 22.7 Å². The number of benzene rings is 2. The molecule has 1 fully saturated rings. The van der Waals surface area contributed by atoms with E-state index in [0.29, 0.717) is 32.8 Å². The van der Waals surface area contributed by atoms with Crippen LogP contribution in [-0.2, 0) is 21.4 Å². The van der Waals surface area contributed by atoms with Crippen molar-refractivity contribution in [1.82, 2.24) is 14.1 Å². The highest BCUT2D eigenvalue weighted by atomic mass is 35.5. The molecule has 34 heavy (non-hydrogen) atoms. The van der Waals surface area contributed by atoms with Crippen molar-refractivity contribution in [3.05, 3.63) is 47.0 Å². The van der Waals surface area contributed by atoms with Crippen molar-refractivity contribution in [3.8, 4) is 17.2 Å². The van der Waals surface area contributed by atoms with Crippen LogP contribution < -0.4 is 14.2 Å². The quantitative estimate of drug-likeness (QED) is 0.540. The summed E-state index contributed by atoms with van der Waals surface area (Å²) in [5, 5.41) is 0.278. The number of likely N-dealkylation sites (N-methyl/N-ethyl adjacent to an activating group) is 1. The summed E-state index contributed by atoms with van der Waals surface area (Å²) in [6.07, 6.45) is 0. The molecule has 2 aromatic rings. The highest BCUT2D eigenvalue weighted by Crippen LogP contribution is 2.33. The minimum Gasteiger partial charge on any atom is -0.492 e. The van der Waals surface area contributed by atoms with Crippen molar-refractivity contribution in [3.63, 3.8) is 0 Å². The Kier molecular flexibility index (Phi) is 7.51. The van der Waals surface area contributed by atoms with E-state index in [9.17, 15) is 13.2 Å². The summed E-state index contributed by atoms with van der Waals surface area (Å²) >= 11 is 6.02. The van der Waals surface area contributed by atoms with E-state index >= 15 is 0 Å². The van der Waals surface area contributed by atoms with E-state index in [1.807, 2.05) is 18.2 Å². The number of carbonyl (C=O) groups is 1. The normalized spacial score (nSPS) is 16.2. The molecule has 0 spiro atoms. The van der Waals surface area contributed by atoms with Crippen LogP contribution in [0.2, 0.25) is 5.02 Å². The molecule has 4 rings (SSSR count). The lowest BCUT2D eigenvalue weighted by Crippen LogP contribution is -2.51. The van der Waals surface area contributed by atoms with Gasteiger partial charge in [-0.15, -0.1) is 0 Å². The van der Waals surface area contributed by atoms with Crippen LogP contribution in [0.25, 0.3) is 0 Å². The van der Waals surface area contributed by atoms with Gasteiger partial charge in [0.25, 0.3) is 0 Å². The van der Waals surface area contributed by atoms with Gasteiger partial charge < -0.3 is 19.1 Å². The highest BCUT2D eigenvalue weighted by Gasteiger charge is 2.30. The number of nitrogens with zero attached hydrogens (tertiary/aromatic N) is 3. The molecule has 2 aromatic carbocycles. The van der Waals surface area contributed by atoms with Crippen molar-refractivity contribution in [2.45, 2.75) is 18.4 Å². The second kappa shape index (κ2) is 10.4. The van der Waals surface area contributed by atoms with E-state index in [4.69, 9.17) is 25.8 Å². The van der Waals surface area contributed by atoms with Gasteiger partial charge in [-0.05, 0) is 42.8 Å². The molecule has 0 saturated carbocycles. The largest absolute Gasteiger partial charge is 0.492 e. The van der Waals surface area contributed by atoms with Crippen molar-refractivity contribution in [2.75, 3.05) is 53.2 Å². The van der Waals surface area contributed by atoms with Gasteiger partial charge in [-0.25, -0.2) is 8.42 Å². The lowest BCUT2D eigenvalue weighted by molar-refractivity contribution is -0.133. The number of ether oxygens (including phenoxy) is 3. The fourth-order valence-electron chi connectivity index (χ4n) is 3.95. The molecule has 9 nitrogen and oxygen atoms in total. The molecule has 184 valence electrons. The second-order valence-electron chi connectivity index (χ2n) is 8.13. The Balaban J connectivity index is 1.33. The molecule has 2 heterocycles. The van der Waals surface area contributed by atoms with E-state index in [1.165, 1.54) is 19.2 Å². The van der Waals surface area contributed by atoms with Crippen LogP contribution in [0, 0.1) is 0 Å². The van der Waals surface area contributed by atoms with Gasteiger partial charge in [-0.3, -0.25) is 9.69 Å². The van der Waals surface area contributed by atoms with Crippen molar-refractivity contribution < 1.29 is 27.4 Å². The molecule has 0 atom stereocenters. The number of hydrogen-bond donors (Lipinski definition) is 0. The zero-order chi connectivity index (χ0) is 24.3. The average Bonchev–Trinajstić information content (AvgIpc) is 3.28. The molecule has 0 aliphatic carbocycles. The van der Waals surface area contributed by atoms with Crippen molar-refractivity contribution in [1.29, 1.82) is 0 Å². The second-order valence-corrected chi connectivity index (χ2v) is 10.6. The molecular formula is C23H28ClN3O6S. The van der Waals surface area contributed by atoms with Gasteiger partial charge in [0, 0.05) is 44.8 Å². The zero-order valence-electron chi connectivity index (χ0n) is 19.2. The van der Waals surface area contributed by atoms with Crippen LogP contribution >= 0.6 is 11.6 Å². The molecule has 2 aliphatic rings. The number of halogens is 1. The van der Waals surface area contributed by atoms with Crippen LogP contribution in [0.4, 0.5) is 0 Å². The van der Waals surface area contributed by atoms with Gasteiger partial charge in [0.1, 0.15) is 10.6 Å². The molecule has 0 radical (unpaired) electrons. The van der Waals surface area contributed by atoms with Gasteiger partial charge in [0.05, 0.1) is 13.2 Å². The summed E-state index contributed by atoms with van der Waals surface area (Å²) in [4.78, 5) is 16.8. The number of rotatable bonds is 8. The minimum absolute atomic E-state index is 0.0503. The van der Waals surface area contributed by atoms with Crippen molar-refractivity contribution >= 4 is 27.5 Å². The van der Waals surface area contributed by atoms with E-state index in [0.717, 1.165) is 27.9 Å². The summed E-state index contributed by atoms with van der Waals surface area (Å²) < 4.78 is 43.5. The number of amides is 1. The number of sulfonamides is 1. The Labute approximate surface area is 204 Å². The topological polar surface area (TPSA) is 88.6 Å². The van der Waals surface area contributed by atoms with Gasteiger partial charge >= 0.3 is 0 Å². The first kappa shape index (κ1) is 24.6. The molecule has 0 aromatic heterocycles. The summed E-state index contributed by atoms with van der Waals surface area (Å²) in [5.74, 6) is 1.48. The number of hydrogen-bond acceptors (Lipinski definition) is 7. The third kappa shape index (κ3) is 5.41. The van der Waals surface area contributed by atoms with E-state index < -0.39 is 10.0 Å². The maximum absolute atomic E-state index is 13.1. The SMILES string of the molecule is CCOc1ccc(Cl)cc1S(=O)(=O)N(C)CC(=O)N1CCN(Cc2ccc3c(c2)OCO3)CC1. The highest BCUT2D eigenvalue weighted by molar-refractivity contribution is 7.89. The minimum atomic E-state index is -3.96. The lowest BCUT2D eigenvalue weighted by atomic mass is 10.1. The first-order valence-corrected chi connectivity index (χ1v) is 12.9. The lowest BCUT2D eigenvalue weighted by Gasteiger charge is -2.35. The zero-order valence-corrected chi connectivity index (χ0v) is 20.8. The van der Waals surface area contributed by atoms with Crippen LogP contribution in [0.5, 0.6) is 17.2 Å². The van der Waals surface area contributed by atoms with E-state index in [-0.39, 0.29) is 34.9 Å². The molecule has 0 unspecified atom stereocenters. The monoisotopic (exact) mass is 509 g/mol. The fourth-order valence-corrected chi connectivity index (χ4v) is 5.46. The molecule has 11 heteroatoms. The van der Waals surface area contributed by atoms with Crippen LogP contribution in [-0.4, -0.2) is 81.6 Å². The Hall–Kier alpha value is -2.53. The summed E-state index contributed by atoms with van der Waals surface area (Å²) in [6, 6.07) is 10.3. The average molecular weight is 510 g/mol. The molecule has 2 aliphatic heterocycles. The molecule has 0 N–H and O–H groups in total. The Bertz CT molecular complexity index is 1150. The predicted molar refractivity (Wildman–Crippen MR) is 127 cm³/mol. The molecule has 0 bridgehead atoms. The third-order valence-corrected chi connectivity index (χ3v) is 7.88. The Morgan fingerprint density at radius 2 is 1.82 bits per heavy atom. The maximum atomic E-state index is 13.1. The maximum Gasteiger partial charge on any atom is 0.247 e. The first-order valence-electron chi connectivity index (χ1n) is 11.1. The summed E-state index contributed by atoms with van der Waals surface area (Å²) in [7, 11) is -2.57. The number of fused-ring (bicyclic) bond motifs is 1. The standard InChI is InChI=1S/C23H28ClN3O6S/c1-3-31-20-7-5-18(24)13-22(20)34(29,30)25(2)15-23(28)27-10-8-26(9-11-27)14-17-4-6-19-21(12-17)33-16-32-19/h4-7,12-13H,3,8-11,14-16H2,1-2H3. The van der Waals surface area contributed by atoms with E-state index in [2.05, 4.69) is 4.90 Å². The predicted octanol–water partition coefficient (Wildman–Crippen LogP) is 2.43. The van der Waals surface area contributed by atoms with Crippen molar-refractivity contribution in [2.24, 2.45) is 0 Å². The van der Waals surface area contributed by atoms with Gasteiger partial charge in [-0.2, -0.15) is 4.31 Å². The Morgan fingerprint density at radius 3 is 2.56 bits per heavy atom. The first-order chi connectivity index (χ1) is 16.3. The van der Waals surface area contributed by atoms with Crippen LogP contribution in [0.3, 0.4) is 0 Å². The molecule has 1 amide bonds. The number of carbonyl (C=O) groups excluding carboxylic acids is 1. The van der Waals surface area contributed by atoms with Gasteiger partial charge in [-0.1, -0.05) is 17.7 Å². The summed E-state index contributed by atoms with van der Waals surface area (Å²) in [6.45, 7) is 5.24. The molecular weight excluding hydrogens is 482 g/mol. The molecule has 1 saturated heterocycles. The van der Waals surface area contributed by atoms with Gasteiger partial charge in [0.15, 0.2) is 11.5 Å². The van der Waals surface area contributed by atoms with E-state index in [1.54, 1.807) is 17.9 Å². The van der Waals surface area contributed by atoms with Crippen LogP contribution in [0.1, 0.15) is 12.5 Å². The number of piperazine rings is 1.